The molecule has 0 saturated heterocycles. The maximum absolute atomic E-state index is 6.19. The topological polar surface area (TPSA) is 70.5 Å². The molecule has 202 valence electrons. The van der Waals surface area contributed by atoms with Crippen molar-refractivity contribution in [1.29, 1.82) is 0 Å². The second-order valence-electron chi connectivity index (χ2n) is 10.7. The van der Waals surface area contributed by atoms with E-state index in [0.717, 1.165) is 67.8 Å². The molecule has 0 unspecified atom stereocenters. The standard InChI is InChI=1S/C36H36N2O2/c1-23-19-32(20-24(2)34(23)37)39-30-15-11-28(12-16-30)36(5,27-9-7-6-8-10-27)29-13-17-31(18-14-29)40-33-21-25(3)35(38)26(4)22-33/h6-22H,37-38H2,1-5H3. The molecule has 0 aliphatic carbocycles. The Kier molecular flexibility index (Phi) is 7.27. The van der Waals surface area contributed by atoms with Crippen molar-refractivity contribution in [3.63, 3.8) is 0 Å². The minimum absolute atomic E-state index is 0.388. The summed E-state index contributed by atoms with van der Waals surface area (Å²) in [4.78, 5) is 0. The van der Waals surface area contributed by atoms with Crippen LogP contribution in [0.5, 0.6) is 23.0 Å². The van der Waals surface area contributed by atoms with Crippen LogP contribution in [0.1, 0.15) is 45.9 Å². The van der Waals surface area contributed by atoms with Crippen LogP contribution in [0.3, 0.4) is 0 Å². The van der Waals surface area contributed by atoms with Crippen molar-refractivity contribution in [2.75, 3.05) is 11.5 Å². The van der Waals surface area contributed by atoms with Gasteiger partial charge in [-0.15, -0.1) is 0 Å². The highest BCUT2D eigenvalue weighted by molar-refractivity contribution is 5.58. The van der Waals surface area contributed by atoms with E-state index in [1.807, 2.05) is 82.3 Å². The lowest BCUT2D eigenvalue weighted by atomic mass is 9.71. The molecule has 4 nitrogen and oxygen atoms in total. The van der Waals surface area contributed by atoms with Crippen LogP contribution in [0.4, 0.5) is 11.4 Å². The highest BCUT2D eigenvalue weighted by Crippen LogP contribution is 2.41. The molecule has 0 atom stereocenters. The van der Waals surface area contributed by atoms with Gasteiger partial charge in [0, 0.05) is 16.8 Å². The highest BCUT2D eigenvalue weighted by Gasteiger charge is 2.31. The fraction of sp³-hybridized carbons (Fsp3) is 0.167. The number of rotatable bonds is 7. The minimum Gasteiger partial charge on any atom is -0.457 e. The van der Waals surface area contributed by atoms with E-state index in [2.05, 4.69) is 55.5 Å². The summed E-state index contributed by atoms with van der Waals surface area (Å²) in [6, 6.07) is 35.1. The van der Waals surface area contributed by atoms with Crippen molar-refractivity contribution in [2.45, 2.75) is 40.0 Å². The van der Waals surface area contributed by atoms with Crippen molar-refractivity contribution in [2.24, 2.45) is 0 Å². The van der Waals surface area contributed by atoms with Gasteiger partial charge < -0.3 is 20.9 Å². The molecule has 5 aromatic rings. The Hall–Kier alpha value is -4.70. The van der Waals surface area contributed by atoms with Crippen LogP contribution >= 0.6 is 0 Å². The predicted octanol–water partition coefficient (Wildman–Crippen LogP) is 9.02. The van der Waals surface area contributed by atoms with Gasteiger partial charge in [-0.25, -0.2) is 0 Å². The third kappa shape index (κ3) is 5.26. The number of hydrogen-bond donors (Lipinski definition) is 2. The van der Waals surface area contributed by atoms with E-state index >= 15 is 0 Å². The smallest absolute Gasteiger partial charge is 0.128 e. The van der Waals surface area contributed by atoms with Crippen molar-refractivity contribution in [3.8, 4) is 23.0 Å². The molecule has 0 spiro atoms. The molecule has 0 saturated carbocycles. The zero-order valence-electron chi connectivity index (χ0n) is 23.8. The average molecular weight is 529 g/mol. The second kappa shape index (κ2) is 10.8. The fourth-order valence-corrected chi connectivity index (χ4v) is 5.24. The lowest BCUT2D eigenvalue weighted by Gasteiger charge is -2.32. The van der Waals surface area contributed by atoms with Crippen LogP contribution in [0.2, 0.25) is 0 Å². The molecule has 0 aromatic heterocycles. The fourth-order valence-electron chi connectivity index (χ4n) is 5.24. The number of benzene rings is 5. The molecule has 40 heavy (non-hydrogen) atoms. The summed E-state index contributed by atoms with van der Waals surface area (Å²) < 4.78 is 12.4. The summed E-state index contributed by atoms with van der Waals surface area (Å²) in [5.41, 5.74) is 21.0. The Bertz CT molecular complexity index is 1490. The van der Waals surface area contributed by atoms with Gasteiger partial charge in [-0.05, 0) is 122 Å². The predicted molar refractivity (Wildman–Crippen MR) is 166 cm³/mol. The van der Waals surface area contributed by atoms with E-state index in [9.17, 15) is 0 Å². The van der Waals surface area contributed by atoms with Gasteiger partial charge in [0.25, 0.3) is 0 Å². The summed E-state index contributed by atoms with van der Waals surface area (Å²) in [5, 5.41) is 0. The number of hydrogen-bond acceptors (Lipinski definition) is 4. The SMILES string of the molecule is Cc1cc(Oc2ccc(C(C)(c3ccccc3)c3ccc(Oc4cc(C)c(N)c(C)c4)cc3)cc2)cc(C)c1N. The molecule has 5 aromatic carbocycles. The van der Waals surface area contributed by atoms with Gasteiger partial charge in [-0.3, -0.25) is 0 Å². The lowest BCUT2D eigenvalue weighted by molar-refractivity contribution is 0.481. The zero-order chi connectivity index (χ0) is 28.4. The summed E-state index contributed by atoms with van der Waals surface area (Å²) >= 11 is 0. The first-order chi connectivity index (χ1) is 19.1. The van der Waals surface area contributed by atoms with Gasteiger partial charge in [0.1, 0.15) is 23.0 Å². The third-order valence-corrected chi connectivity index (χ3v) is 7.82. The first-order valence-corrected chi connectivity index (χ1v) is 13.5. The van der Waals surface area contributed by atoms with Crippen molar-refractivity contribution >= 4 is 11.4 Å². The van der Waals surface area contributed by atoms with Crippen LogP contribution in [0, 0.1) is 27.7 Å². The molecule has 5 rings (SSSR count). The average Bonchev–Trinajstić information content (AvgIpc) is 2.95. The third-order valence-electron chi connectivity index (χ3n) is 7.82. The van der Waals surface area contributed by atoms with Gasteiger partial charge in [0.2, 0.25) is 0 Å². The van der Waals surface area contributed by atoms with E-state index in [1.54, 1.807) is 0 Å². The second-order valence-corrected chi connectivity index (χ2v) is 10.7. The van der Waals surface area contributed by atoms with Crippen molar-refractivity contribution in [1.82, 2.24) is 0 Å². The summed E-state index contributed by atoms with van der Waals surface area (Å²) in [5.74, 6) is 3.12. The maximum Gasteiger partial charge on any atom is 0.128 e. The number of nitrogens with two attached hydrogens (primary N) is 2. The van der Waals surface area contributed by atoms with Crippen LogP contribution in [0.15, 0.2) is 103 Å². The first kappa shape index (κ1) is 26.9. The highest BCUT2D eigenvalue weighted by atomic mass is 16.5. The molecule has 0 heterocycles. The van der Waals surface area contributed by atoms with Gasteiger partial charge in [-0.2, -0.15) is 0 Å². The normalized spacial score (nSPS) is 11.3. The van der Waals surface area contributed by atoms with E-state index in [4.69, 9.17) is 20.9 Å². The molecule has 0 fully saturated rings. The molecular formula is C36H36N2O2. The number of ether oxygens (including phenoxy) is 2. The molecule has 0 radical (unpaired) electrons. The van der Waals surface area contributed by atoms with Gasteiger partial charge >= 0.3 is 0 Å². The van der Waals surface area contributed by atoms with Gasteiger partial charge in [0.05, 0.1) is 0 Å². The van der Waals surface area contributed by atoms with Crippen molar-refractivity contribution in [3.05, 3.63) is 142 Å². The van der Waals surface area contributed by atoms with Gasteiger partial charge in [0.15, 0.2) is 0 Å². The van der Waals surface area contributed by atoms with E-state index in [0.29, 0.717) is 0 Å². The zero-order valence-corrected chi connectivity index (χ0v) is 23.8. The lowest BCUT2D eigenvalue weighted by Crippen LogP contribution is -2.25. The molecule has 0 aliphatic heterocycles. The van der Waals surface area contributed by atoms with E-state index in [-0.39, 0.29) is 5.41 Å². The van der Waals surface area contributed by atoms with Crippen molar-refractivity contribution < 1.29 is 9.47 Å². The van der Waals surface area contributed by atoms with Gasteiger partial charge in [-0.1, -0.05) is 54.6 Å². The Labute approximate surface area is 237 Å². The number of nitrogen functional groups attached to an aromatic ring is 2. The Balaban J connectivity index is 1.45. The Morgan fingerprint density at radius 1 is 0.450 bits per heavy atom. The molecular weight excluding hydrogens is 492 g/mol. The molecule has 4 heteroatoms. The number of anilines is 2. The van der Waals surface area contributed by atoms with Crippen LogP contribution in [0.25, 0.3) is 0 Å². The monoisotopic (exact) mass is 528 g/mol. The molecule has 0 bridgehead atoms. The summed E-state index contributed by atoms with van der Waals surface area (Å²) in [6.07, 6.45) is 0. The largest absolute Gasteiger partial charge is 0.457 e. The summed E-state index contributed by atoms with van der Waals surface area (Å²) in [7, 11) is 0. The minimum atomic E-state index is -0.388. The van der Waals surface area contributed by atoms with E-state index < -0.39 is 0 Å². The molecule has 0 aliphatic rings. The van der Waals surface area contributed by atoms with E-state index in [1.165, 1.54) is 5.56 Å². The quantitative estimate of drug-likeness (QED) is 0.163. The Morgan fingerprint density at radius 3 is 1.12 bits per heavy atom. The van der Waals surface area contributed by atoms with Crippen LogP contribution < -0.4 is 20.9 Å². The number of aryl methyl sites for hydroxylation is 4. The van der Waals surface area contributed by atoms with Crippen LogP contribution in [-0.4, -0.2) is 0 Å². The molecule has 4 N–H and O–H groups in total. The summed E-state index contributed by atoms with van der Waals surface area (Å²) in [6.45, 7) is 10.2. The first-order valence-electron chi connectivity index (χ1n) is 13.5. The Morgan fingerprint density at radius 2 is 0.775 bits per heavy atom. The maximum atomic E-state index is 6.19. The van der Waals surface area contributed by atoms with Crippen LogP contribution in [-0.2, 0) is 5.41 Å². The molecule has 0 amide bonds.